The van der Waals surface area contributed by atoms with Gasteiger partial charge in [-0.2, -0.15) is 0 Å². The van der Waals surface area contributed by atoms with Gasteiger partial charge in [-0.05, 0) is 44.0 Å². The van der Waals surface area contributed by atoms with E-state index in [0.717, 1.165) is 16.7 Å². The SMILES string of the molecule is CC(=O)c1ccc(S(=O)(=O)NCc2ccc(C)cc2C)cc1. The third kappa shape index (κ3) is 3.81. The van der Waals surface area contributed by atoms with Gasteiger partial charge in [-0.1, -0.05) is 35.9 Å². The van der Waals surface area contributed by atoms with Crippen molar-refractivity contribution >= 4 is 15.8 Å². The third-order valence-corrected chi connectivity index (χ3v) is 4.94. The predicted molar refractivity (Wildman–Crippen MR) is 86.4 cm³/mol. The van der Waals surface area contributed by atoms with E-state index >= 15 is 0 Å². The van der Waals surface area contributed by atoms with Gasteiger partial charge < -0.3 is 0 Å². The predicted octanol–water partition coefficient (Wildman–Crippen LogP) is 2.98. The molecule has 0 radical (unpaired) electrons. The van der Waals surface area contributed by atoms with Gasteiger partial charge in [-0.3, -0.25) is 4.79 Å². The van der Waals surface area contributed by atoms with E-state index in [1.165, 1.54) is 31.2 Å². The average molecular weight is 317 g/mol. The second kappa shape index (κ2) is 6.42. The van der Waals surface area contributed by atoms with Crippen LogP contribution in [0.2, 0.25) is 0 Å². The largest absolute Gasteiger partial charge is 0.295 e. The molecule has 0 amide bonds. The number of nitrogens with one attached hydrogen (secondary N) is 1. The number of ketones is 1. The van der Waals surface area contributed by atoms with Crippen LogP contribution in [0.1, 0.15) is 34.0 Å². The first-order valence-electron chi connectivity index (χ1n) is 6.96. The van der Waals surface area contributed by atoms with Gasteiger partial charge in [-0.15, -0.1) is 0 Å². The molecule has 2 aromatic carbocycles. The van der Waals surface area contributed by atoms with Crippen molar-refractivity contribution in [2.75, 3.05) is 0 Å². The van der Waals surface area contributed by atoms with E-state index in [2.05, 4.69) is 4.72 Å². The van der Waals surface area contributed by atoms with Crippen molar-refractivity contribution in [1.29, 1.82) is 0 Å². The summed E-state index contributed by atoms with van der Waals surface area (Å²) in [5.74, 6) is -0.0906. The van der Waals surface area contributed by atoms with Gasteiger partial charge in [0.2, 0.25) is 10.0 Å². The molecular weight excluding hydrogens is 298 g/mol. The lowest BCUT2D eigenvalue weighted by Crippen LogP contribution is -2.23. The molecule has 5 heteroatoms. The average Bonchev–Trinajstić information content (AvgIpc) is 2.46. The minimum Gasteiger partial charge on any atom is -0.295 e. The summed E-state index contributed by atoms with van der Waals surface area (Å²) in [5, 5.41) is 0. The Labute approximate surface area is 131 Å². The van der Waals surface area contributed by atoms with E-state index < -0.39 is 10.0 Å². The Morgan fingerprint density at radius 3 is 2.23 bits per heavy atom. The zero-order valence-corrected chi connectivity index (χ0v) is 13.7. The fourth-order valence-corrected chi connectivity index (χ4v) is 3.18. The Hall–Kier alpha value is -1.98. The van der Waals surface area contributed by atoms with E-state index in [1.807, 2.05) is 32.0 Å². The molecular formula is C17H19NO3S. The van der Waals surface area contributed by atoms with E-state index in [1.54, 1.807) is 0 Å². The van der Waals surface area contributed by atoms with E-state index in [4.69, 9.17) is 0 Å². The number of Topliss-reactive ketones (excluding diaryl/α,β-unsaturated/α-hetero) is 1. The highest BCUT2D eigenvalue weighted by Gasteiger charge is 2.14. The Morgan fingerprint density at radius 1 is 1.05 bits per heavy atom. The monoisotopic (exact) mass is 317 g/mol. The lowest BCUT2D eigenvalue weighted by molar-refractivity contribution is 0.101. The number of aryl methyl sites for hydroxylation is 2. The molecule has 0 unspecified atom stereocenters. The first kappa shape index (κ1) is 16.4. The normalized spacial score (nSPS) is 11.4. The Bertz CT molecular complexity index is 793. The summed E-state index contributed by atoms with van der Waals surface area (Å²) in [4.78, 5) is 11.4. The first-order valence-corrected chi connectivity index (χ1v) is 8.45. The van der Waals surface area contributed by atoms with Crippen molar-refractivity contribution in [3.8, 4) is 0 Å². The maximum Gasteiger partial charge on any atom is 0.240 e. The van der Waals surface area contributed by atoms with Gasteiger partial charge in [0.05, 0.1) is 4.90 Å². The van der Waals surface area contributed by atoms with Crippen molar-refractivity contribution < 1.29 is 13.2 Å². The van der Waals surface area contributed by atoms with E-state index in [0.29, 0.717) is 5.56 Å². The molecule has 4 nitrogen and oxygen atoms in total. The highest BCUT2D eigenvalue weighted by atomic mass is 32.2. The third-order valence-electron chi connectivity index (χ3n) is 3.52. The van der Waals surface area contributed by atoms with Crippen LogP contribution >= 0.6 is 0 Å². The number of carbonyl (C=O) groups is 1. The highest BCUT2D eigenvalue weighted by molar-refractivity contribution is 7.89. The van der Waals surface area contributed by atoms with Crippen molar-refractivity contribution in [1.82, 2.24) is 4.72 Å². The van der Waals surface area contributed by atoms with Crippen molar-refractivity contribution in [2.24, 2.45) is 0 Å². The number of benzene rings is 2. The molecule has 0 saturated carbocycles. The molecule has 0 saturated heterocycles. The Kier molecular flexibility index (Phi) is 4.78. The zero-order valence-electron chi connectivity index (χ0n) is 12.9. The number of carbonyl (C=O) groups excluding carboxylic acids is 1. The molecule has 0 heterocycles. The summed E-state index contributed by atoms with van der Waals surface area (Å²) in [6.07, 6.45) is 0. The van der Waals surface area contributed by atoms with Crippen LogP contribution in [-0.4, -0.2) is 14.2 Å². The van der Waals surface area contributed by atoms with Crippen LogP contribution in [0.25, 0.3) is 0 Å². The fourth-order valence-electron chi connectivity index (χ4n) is 2.17. The second-order valence-electron chi connectivity index (χ2n) is 5.34. The number of hydrogen-bond acceptors (Lipinski definition) is 3. The molecule has 0 atom stereocenters. The van der Waals surface area contributed by atoms with E-state index in [9.17, 15) is 13.2 Å². The Morgan fingerprint density at radius 2 is 1.68 bits per heavy atom. The maximum atomic E-state index is 12.3. The topological polar surface area (TPSA) is 63.2 Å². The Balaban J connectivity index is 2.15. The smallest absolute Gasteiger partial charge is 0.240 e. The molecule has 116 valence electrons. The fraction of sp³-hybridized carbons (Fsp3) is 0.235. The molecule has 22 heavy (non-hydrogen) atoms. The zero-order chi connectivity index (χ0) is 16.3. The summed E-state index contributed by atoms with van der Waals surface area (Å²) in [6.45, 7) is 5.64. The molecule has 0 spiro atoms. The first-order chi connectivity index (χ1) is 10.3. The van der Waals surface area contributed by atoms with Crippen molar-refractivity contribution in [2.45, 2.75) is 32.2 Å². The lowest BCUT2D eigenvalue weighted by atomic mass is 10.1. The molecule has 0 bridgehead atoms. The van der Waals surface area contributed by atoms with Crippen LogP contribution in [0.15, 0.2) is 47.4 Å². The molecule has 2 aromatic rings. The van der Waals surface area contributed by atoms with Gasteiger partial charge >= 0.3 is 0 Å². The summed E-state index contributed by atoms with van der Waals surface area (Å²) in [7, 11) is -3.59. The van der Waals surface area contributed by atoms with Gasteiger partial charge in [0, 0.05) is 12.1 Å². The van der Waals surface area contributed by atoms with Gasteiger partial charge in [0.25, 0.3) is 0 Å². The quantitative estimate of drug-likeness (QED) is 0.862. The summed E-state index contributed by atoms with van der Waals surface area (Å²) in [6, 6.07) is 11.8. The second-order valence-corrected chi connectivity index (χ2v) is 7.10. The van der Waals surface area contributed by atoms with Crippen LogP contribution in [0.5, 0.6) is 0 Å². The van der Waals surface area contributed by atoms with Gasteiger partial charge in [0.15, 0.2) is 5.78 Å². The maximum absolute atomic E-state index is 12.3. The van der Waals surface area contributed by atoms with Crippen molar-refractivity contribution in [3.63, 3.8) is 0 Å². The van der Waals surface area contributed by atoms with Crippen LogP contribution in [0, 0.1) is 13.8 Å². The molecule has 0 fully saturated rings. The van der Waals surface area contributed by atoms with Crippen LogP contribution < -0.4 is 4.72 Å². The lowest BCUT2D eigenvalue weighted by Gasteiger charge is -2.10. The molecule has 0 aliphatic carbocycles. The van der Waals surface area contributed by atoms with Crippen molar-refractivity contribution in [3.05, 3.63) is 64.7 Å². The minimum absolute atomic E-state index is 0.0906. The summed E-state index contributed by atoms with van der Waals surface area (Å²) >= 11 is 0. The van der Waals surface area contributed by atoms with Crippen LogP contribution in [-0.2, 0) is 16.6 Å². The summed E-state index contributed by atoms with van der Waals surface area (Å²) < 4.78 is 27.1. The highest BCUT2D eigenvalue weighted by Crippen LogP contribution is 2.14. The molecule has 1 N–H and O–H groups in total. The number of hydrogen-bond donors (Lipinski definition) is 1. The van der Waals surface area contributed by atoms with Crippen LogP contribution in [0.3, 0.4) is 0 Å². The standard InChI is InChI=1S/C17H19NO3S/c1-12-4-5-16(13(2)10-12)11-18-22(20,21)17-8-6-15(7-9-17)14(3)19/h4-10,18H,11H2,1-3H3. The molecule has 2 rings (SSSR count). The van der Waals surface area contributed by atoms with Gasteiger partial charge in [-0.25, -0.2) is 13.1 Å². The number of sulfonamides is 1. The van der Waals surface area contributed by atoms with E-state index in [-0.39, 0.29) is 17.2 Å². The molecule has 0 aliphatic rings. The minimum atomic E-state index is -3.59. The van der Waals surface area contributed by atoms with Gasteiger partial charge in [0.1, 0.15) is 0 Å². The molecule has 0 aliphatic heterocycles. The number of rotatable bonds is 5. The summed E-state index contributed by atoms with van der Waals surface area (Å²) in [5.41, 5.74) is 3.63. The molecule has 0 aromatic heterocycles. The van der Waals surface area contributed by atoms with Crippen LogP contribution in [0.4, 0.5) is 0 Å².